The van der Waals surface area contributed by atoms with Gasteiger partial charge >= 0.3 is 0 Å². The van der Waals surface area contributed by atoms with E-state index in [9.17, 15) is 0 Å². The number of hydrogen-bond donors (Lipinski definition) is 1. The first-order valence-electron chi connectivity index (χ1n) is 3.56. The molecule has 0 aliphatic heterocycles. The smallest absolute Gasteiger partial charge is 0.0842 e. The molecule has 0 heterocycles. The fourth-order valence-electron chi connectivity index (χ4n) is 1.42. The summed E-state index contributed by atoms with van der Waals surface area (Å²) in [5, 5.41) is 12.7. The molecule has 0 spiro atoms. The quantitative estimate of drug-likeness (QED) is 0.328. The van der Waals surface area contributed by atoms with Crippen molar-refractivity contribution in [2.24, 2.45) is 5.11 Å². The Kier molecular flexibility index (Phi) is 2.76. The first-order valence-corrected chi connectivity index (χ1v) is 4.48. The SMILES string of the molecule is [N-]=[N+]=N[C@]1(CO)CCC[C@H]1Br. The molecule has 1 fully saturated rings. The largest absolute Gasteiger partial charge is 0.396 e. The monoisotopic (exact) mass is 219 g/mol. The topological polar surface area (TPSA) is 69.0 Å². The molecule has 1 aliphatic rings. The average molecular weight is 220 g/mol. The minimum Gasteiger partial charge on any atom is -0.396 e. The molecule has 5 heteroatoms. The van der Waals surface area contributed by atoms with Gasteiger partial charge in [0.1, 0.15) is 0 Å². The van der Waals surface area contributed by atoms with Crippen molar-refractivity contribution in [1.82, 2.24) is 0 Å². The molecule has 4 nitrogen and oxygen atoms in total. The molecule has 1 rings (SSSR count). The van der Waals surface area contributed by atoms with Gasteiger partial charge in [-0.1, -0.05) is 27.5 Å². The Bertz CT molecular complexity index is 192. The van der Waals surface area contributed by atoms with Crippen molar-refractivity contribution < 1.29 is 5.11 Å². The summed E-state index contributed by atoms with van der Waals surface area (Å²) in [6.45, 7) is -0.0625. The second-order valence-electron chi connectivity index (χ2n) is 2.81. The third kappa shape index (κ3) is 1.50. The molecule has 0 amide bonds. The van der Waals surface area contributed by atoms with Crippen LogP contribution in [0.4, 0.5) is 0 Å². The Hall–Kier alpha value is -0.250. The molecule has 0 bridgehead atoms. The molecule has 0 radical (unpaired) electrons. The summed E-state index contributed by atoms with van der Waals surface area (Å²) in [4.78, 5) is 2.88. The number of hydrogen-bond acceptors (Lipinski definition) is 2. The van der Waals surface area contributed by atoms with Crippen LogP contribution in [0.1, 0.15) is 19.3 Å². The van der Waals surface area contributed by atoms with Crippen LogP contribution in [0.15, 0.2) is 5.11 Å². The summed E-state index contributed by atoms with van der Waals surface area (Å²) < 4.78 is 0. The third-order valence-electron chi connectivity index (χ3n) is 2.17. The van der Waals surface area contributed by atoms with Gasteiger partial charge in [-0.15, -0.1) is 0 Å². The molecule has 0 aromatic rings. The predicted molar refractivity (Wildman–Crippen MR) is 45.5 cm³/mol. The first-order chi connectivity index (χ1) is 5.25. The number of alkyl halides is 1. The summed E-state index contributed by atoms with van der Waals surface area (Å²) in [7, 11) is 0. The van der Waals surface area contributed by atoms with E-state index in [1.807, 2.05) is 0 Å². The molecule has 0 aromatic carbocycles. The number of azide groups is 1. The lowest BCUT2D eigenvalue weighted by Gasteiger charge is -2.23. The normalized spacial score (nSPS) is 36.7. The maximum Gasteiger partial charge on any atom is 0.0842 e. The van der Waals surface area contributed by atoms with Crippen molar-refractivity contribution in [1.29, 1.82) is 0 Å². The van der Waals surface area contributed by atoms with Gasteiger partial charge in [0.15, 0.2) is 0 Å². The van der Waals surface area contributed by atoms with Crippen LogP contribution in [0, 0.1) is 0 Å². The van der Waals surface area contributed by atoms with Gasteiger partial charge in [-0.05, 0) is 18.4 Å². The lowest BCUT2D eigenvalue weighted by atomic mass is 10.0. The van der Waals surface area contributed by atoms with E-state index in [-0.39, 0.29) is 11.4 Å². The van der Waals surface area contributed by atoms with Gasteiger partial charge in [0.25, 0.3) is 0 Å². The highest BCUT2D eigenvalue weighted by atomic mass is 79.9. The van der Waals surface area contributed by atoms with Crippen molar-refractivity contribution in [3.05, 3.63) is 10.4 Å². The maximum absolute atomic E-state index is 9.02. The fourth-order valence-corrected chi connectivity index (χ4v) is 2.21. The van der Waals surface area contributed by atoms with Gasteiger partial charge in [0.2, 0.25) is 0 Å². The van der Waals surface area contributed by atoms with Crippen molar-refractivity contribution in [2.75, 3.05) is 6.61 Å². The Morgan fingerprint density at radius 1 is 1.82 bits per heavy atom. The molecule has 62 valence electrons. The minimum atomic E-state index is -0.575. The Labute approximate surface area is 73.4 Å². The van der Waals surface area contributed by atoms with Crippen LogP contribution >= 0.6 is 15.9 Å². The number of nitrogens with zero attached hydrogens (tertiary/aromatic N) is 3. The fraction of sp³-hybridized carbons (Fsp3) is 1.00. The van der Waals surface area contributed by atoms with Crippen molar-refractivity contribution in [2.45, 2.75) is 29.6 Å². The Morgan fingerprint density at radius 3 is 2.91 bits per heavy atom. The summed E-state index contributed by atoms with van der Waals surface area (Å²) in [6, 6.07) is 0. The Morgan fingerprint density at radius 2 is 2.55 bits per heavy atom. The van der Waals surface area contributed by atoms with Crippen molar-refractivity contribution in [3.8, 4) is 0 Å². The third-order valence-corrected chi connectivity index (χ3v) is 3.48. The van der Waals surface area contributed by atoms with Gasteiger partial charge < -0.3 is 5.11 Å². The highest BCUT2D eigenvalue weighted by molar-refractivity contribution is 9.09. The van der Waals surface area contributed by atoms with Crippen molar-refractivity contribution in [3.63, 3.8) is 0 Å². The highest BCUT2D eigenvalue weighted by Gasteiger charge is 2.40. The summed E-state index contributed by atoms with van der Waals surface area (Å²) in [5.41, 5.74) is 7.69. The molecule has 0 aromatic heterocycles. The van der Waals surface area contributed by atoms with Crippen LogP contribution < -0.4 is 0 Å². The van der Waals surface area contributed by atoms with Gasteiger partial charge in [-0.25, -0.2) is 0 Å². The van der Waals surface area contributed by atoms with E-state index >= 15 is 0 Å². The zero-order valence-corrected chi connectivity index (χ0v) is 7.66. The second kappa shape index (κ2) is 3.43. The number of aliphatic hydroxyl groups excluding tert-OH is 1. The molecule has 0 saturated heterocycles. The molecule has 1 N–H and O–H groups in total. The average Bonchev–Trinajstić information content (AvgIpc) is 2.35. The lowest BCUT2D eigenvalue weighted by Crippen LogP contribution is -2.35. The maximum atomic E-state index is 9.02. The van der Waals surface area contributed by atoms with E-state index in [0.29, 0.717) is 0 Å². The van der Waals surface area contributed by atoms with Crippen LogP contribution in [-0.2, 0) is 0 Å². The van der Waals surface area contributed by atoms with Gasteiger partial charge in [-0.3, -0.25) is 0 Å². The number of halogens is 1. The van der Waals surface area contributed by atoms with Crippen LogP contribution in [0.5, 0.6) is 0 Å². The van der Waals surface area contributed by atoms with E-state index < -0.39 is 5.54 Å². The molecule has 0 unspecified atom stereocenters. The van der Waals surface area contributed by atoms with Gasteiger partial charge in [0, 0.05) is 9.74 Å². The molecule has 11 heavy (non-hydrogen) atoms. The number of aliphatic hydroxyl groups is 1. The Balaban J connectivity index is 2.81. The molecular weight excluding hydrogens is 210 g/mol. The van der Waals surface area contributed by atoms with E-state index in [4.69, 9.17) is 10.6 Å². The minimum absolute atomic E-state index is 0.0625. The zero-order valence-electron chi connectivity index (χ0n) is 6.07. The molecule has 1 saturated carbocycles. The summed E-state index contributed by atoms with van der Waals surface area (Å²) in [6.07, 6.45) is 2.76. The first kappa shape index (κ1) is 8.84. The van der Waals surface area contributed by atoms with E-state index in [1.54, 1.807) is 0 Å². The van der Waals surface area contributed by atoms with Gasteiger partial charge in [-0.2, -0.15) is 0 Å². The molecule has 1 aliphatic carbocycles. The second-order valence-corrected chi connectivity index (χ2v) is 3.92. The van der Waals surface area contributed by atoms with Crippen LogP contribution in [0.25, 0.3) is 10.4 Å². The van der Waals surface area contributed by atoms with Gasteiger partial charge in [0.05, 0.1) is 12.1 Å². The van der Waals surface area contributed by atoms with E-state index in [0.717, 1.165) is 19.3 Å². The van der Waals surface area contributed by atoms with E-state index in [2.05, 4.69) is 26.0 Å². The summed E-state index contributed by atoms with van der Waals surface area (Å²) >= 11 is 3.40. The highest BCUT2D eigenvalue weighted by Crippen LogP contribution is 2.38. The lowest BCUT2D eigenvalue weighted by molar-refractivity contribution is 0.204. The molecular formula is C6H10BrN3O. The van der Waals surface area contributed by atoms with E-state index in [1.165, 1.54) is 0 Å². The predicted octanol–water partition coefficient (Wildman–Crippen LogP) is 1.98. The molecule has 2 atom stereocenters. The van der Waals surface area contributed by atoms with Crippen LogP contribution in [0.2, 0.25) is 0 Å². The van der Waals surface area contributed by atoms with Crippen molar-refractivity contribution >= 4 is 15.9 Å². The standard InChI is InChI=1S/C6H10BrN3O/c7-5-2-1-3-6(5,4-11)9-10-8/h5,11H,1-4H2/t5-,6+/m1/s1. The van der Waals surface area contributed by atoms with Crippen LogP contribution in [0.3, 0.4) is 0 Å². The van der Waals surface area contributed by atoms with Crippen LogP contribution in [-0.4, -0.2) is 22.1 Å². The zero-order chi connectivity index (χ0) is 8.32. The summed E-state index contributed by atoms with van der Waals surface area (Å²) in [5.74, 6) is 0. The number of rotatable bonds is 2.